The predicted molar refractivity (Wildman–Crippen MR) is 124 cm³/mol. The van der Waals surface area contributed by atoms with Crippen LogP contribution in [0.15, 0.2) is 48.5 Å². The molecule has 2 aromatic carbocycles. The number of ether oxygens (including phenoxy) is 1. The second-order valence-corrected chi connectivity index (χ2v) is 8.82. The van der Waals surface area contributed by atoms with Gasteiger partial charge in [-0.2, -0.15) is 0 Å². The first-order valence-corrected chi connectivity index (χ1v) is 11.6. The van der Waals surface area contributed by atoms with Gasteiger partial charge in [0.15, 0.2) is 0 Å². The van der Waals surface area contributed by atoms with Crippen LogP contribution in [-0.2, 0) is 14.3 Å². The number of carboxylic acid groups (broad SMARTS) is 1. The van der Waals surface area contributed by atoms with E-state index in [4.69, 9.17) is 9.84 Å². The van der Waals surface area contributed by atoms with Crippen LogP contribution >= 0.6 is 0 Å². The molecule has 3 N–H and O–H groups in total. The molecule has 1 fully saturated rings. The summed E-state index contributed by atoms with van der Waals surface area (Å²) in [5.74, 6) is -1.10. The minimum absolute atomic E-state index is 0.0128. The monoisotopic (exact) mass is 450 g/mol. The molecule has 0 aliphatic heterocycles. The maximum absolute atomic E-state index is 12.6. The highest BCUT2D eigenvalue weighted by molar-refractivity contribution is 5.80. The van der Waals surface area contributed by atoms with Crippen molar-refractivity contribution < 1.29 is 24.2 Å². The van der Waals surface area contributed by atoms with Crippen molar-refractivity contribution in [2.75, 3.05) is 13.2 Å². The number of carbonyl (C=O) groups is 3. The molecule has 7 heteroatoms. The van der Waals surface area contributed by atoms with E-state index in [0.717, 1.165) is 19.3 Å². The smallest absolute Gasteiger partial charge is 0.407 e. The number of aliphatic carboxylic acids is 1. The highest BCUT2D eigenvalue weighted by Crippen LogP contribution is 2.44. The Balaban J connectivity index is 1.27. The molecule has 0 unspecified atom stereocenters. The Labute approximate surface area is 193 Å². The Bertz CT molecular complexity index is 976. The third-order valence-electron chi connectivity index (χ3n) is 6.58. The lowest BCUT2D eigenvalue weighted by molar-refractivity contribution is -0.137. The van der Waals surface area contributed by atoms with Crippen molar-refractivity contribution in [3.05, 3.63) is 59.7 Å². The number of fused-ring (bicyclic) bond motifs is 3. The van der Waals surface area contributed by atoms with E-state index in [0.29, 0.717) is 19.4 Å². The topological polar surface area (TPSA) is 105 Å². The van der Waals surface area contributed by atoms with Crippen molar-refractivity contribution in [1.29, 1.82) is 0 Å². The molecule has 2 aliphatic rings. The molecule has 0 heterocycles. The molecule has 2 aromatic rings. The van der Waals surface area contributed by atoms with Crippen molar-refractivity contribution in [1.82, 2.24) is 10.6 Å². The van der Waals surface area contributed by atoms with Gasteiger partial charge >= 0.3 is 12.1 Å². The lowest BCUT2D eigenvalue weighted by Gasteiger charge is -2.29. The first-order chi connectivity index (χ1) is 16.0. The van der Waals surface area contributed by atoms with Crippen LogP contribution in [0.25, 0.3) is 11.1 Å². The van der Waals surface area contributed by atoms with Crippen LogP contribution in [0.4, 0.5) is 4.79 Å². The van der Waals surface area contributed by atoms with Crippen LogP contribution in [0, 0.1) is 5.92 Å². The molecule has 4 rings (SSSR count). The number of alkyl carbamates (subject to hydrolysis) is 1. The molecule has 0 saturated heterocycles. The third-order valence-corrected chi connectivity index (χ3v) is 6.58. The Morgan fingerprint density at radius 1 is 0.970 bits per heavy atom. The molecule has 0 bridgehead atoms. The zero-order valence-corrected chi connectivity index (χ0v) is 18.6. The minimum atomic E-state index is -0.866. The van der Waals surface area contributed by atoms with Gasteiger partial charge in [0.2, 0.25) is 5.91 Å². The normalized spacial score (nSPS) is 19.3. The molecule has 7 nitrogen and oxygen atoms in total. The summed E-state index contributed by atoms with van der Waals surface area (Å²) in [5, 5.41) is 14.4. The van der Waals surface area contributed by atoms with Gasteiger partial charge in [-0.25, -0.2) is 4.79 Å². The summed E-state index contributed by atoms with van der Waals surface area (Å²) in [6, 6.07) is 16.3. The molecule has 0 spiro atoms. The summed E-state index contributed by atoms with van der Waals surface area (Å²) in [6.45, 7) is 0.617. The lowest BCUT2D eigenvalue weighted by atomic mass is 9.85. The fourth-order valence-corrected chi connectivity index (χ4v) is 4.96. The lowest BCUT2D eigenvalue weighted by Crippen LogP contribution is -2.43. The molecule has 174 valence electrons. The highest BCUT2D eigenvalue weighted by atomic mass is 16.5. The van der Waals surface area contributed by atoms with Crippen molar-refractivity contribution in [3.63, 3.8) is 0 Å². The highest BCUT2D eigenvalue weighted by Gasteiger charge is 2.31. The van der Waals surface area contributed by atoms with Gasteiger partial charge in [0, 0.05) is 30.8 Å². The second kappa shape index (κ2) is 10.5. The number of amides is 2. The molecule has 2 atom stereocenters. The number of rotatable bonds is 8. The maximum Gasteiger partial charge on any atom is 0.407 e. The van der Waals surface area contributed by atoms with Crippen LogP contribution in [0.3, 0.4) is 0 Å². The average Bonchev–Trinajstić information content (AvgIpc) is 3.14. The van der Waals surface area contributed by atoms with Gasteiger partial charge in [-0.3, -0.25) is 9.59 Å². The van der Waals surface area contributed by atoms with Crippen LogP contribution in [0.1, 0.15) is 55.6 Å². The Morgan fingerprint density at radius 3 is 2.30 bits per heavy atom. The standard InChI is InChI=1S/C26H30N2O5/c29-24(30)13-6-14-27-25(31)17-7-5-8-18(15-17)28-26(32)33-16-23-21-11-3-1-9-19(21)20-10-2-4-12-22(20)23/h1-4,9-12,17-18,23H,5-8,13-16H2,(H,27,31)(H,28,32)(H,29,30)/t17-,18-/m1/s1. The number of nitrogens with one attached hydrogen (secondary N) is 2. The van der Waals surface area contributed by atoms with Crippen molar-refractivity contribution in [3.8, 4) is 11.1 Å². The average molecular weight is 451 g/mol. The van der Waals surface area contributed by atoms with Gasteiger partial charge in [0.1, 0.15) is 6.61 Å². The number of hydrogen-bond donors (Lipinski definition) is 3. The van der Waals surface area contributed by atoms with Crippen molar-refractivity contribution >= 4 is 18.0 Å². The third kappa shape index (κ3) is 5.53. The summed E-state index contributed by atoms with van der Waals surface area (Å²) in [4.78, 5) is 35.5. The van der Waals surface area contributed by atoms with E-state index >= 15 is 0 Å². The molecular weight excluding hydrogens is 420 g/mol. The minimum Gasteiger partial charge on any atom is -0.481 e. The molecule has 2 amide bonds. The van der Waals surface area contributed by atoms with Crippen LogP contribution in [0.2, 0.25) is 0 Å². The van der Waals surface area contributed by atoms with Crippen LogP contribution in [0.5, 0.6) is 0 Å². The largest absolute Gasteiger partial charge is 0.481 e. The summed E-state index contributed by atoms with van der Waals surface area (Å²) in [6.07, 6.45) is 2.99. The van der Waals surface area contributed by atoms with E-state index in [1.165, 1.54) is 22.3 Å². The van der Waals surface area contributed by atoms with Gasteiger partial charge in [-0.05, 0) is 47.9 Å². The number of carbonyl (C=O) groups excluding carboxylic acids is 2. The first kappa shape index (κ1) is 22.8. The van der Waals surface area contributed by atoms with Gasteiger partial charge < -0.3 is 20.5 Å². The van der Waals surface area contributed by atoms with Crippen molar-refractivity contribution in [2.24, 2.45) is 5.92 Å². The molecule has 33 heavy (non-hydrogen) atoms. The van der Waals surface area contributed by atoms with E-state index in [2.05, 4.69) is 34.9 Å². The SMILES string of the molecule is O=C(O)CCCNC(=O)[C@@H]1CCC[C@@H](NC(=O)OCC2c3ccccc3-c3ccccc32)C1. The van der Waals surface area contributed by atoms with E-state index in [9.17, 15) is 14.4 Å². The molecule has 2 aliphatic carbocycles. The van der Waals surface area contributed by atoms with Gasteiger partial charge in [-0.1, -0.05) is 55.0 Å². The number of carboxylic acids is 1. The second-order valence-electron chi connectivity index (χ2n) is 8.82. The molecule has 0 radical (unpaired) electrons. The van der Waals surface area contributed by atoms with Gasteiger partial charge in [-0.15, -0.1) is 0 Å². The van der Waals surface area contributed by atoms with E-state index in [1.807, 2.05) is 24.3 Å². The van der Waals surface area contributed by atoms with Crippen LogP contribution < -0.4 is 10.6 Å². The summed E-state index contributed by atoms with van der Waals surface area (Å²) in [7, 11) is 0. The van der Waals surface area contributed by atoms with Gasteiger partial charge in [0.05, 0.1) is 0 Å². The van der Waals surface area contributed by atoms with E-state index < -0.39 is 12.1 Å². The zero-order chi connectivity index (χ0) is 23.2. The Kier molecular flexibility index (Phi) is 7.27. The fourth-order valence-electron chi connectivity index (χ4n) is 4.96. The first-order valence-electron chi connectivity index (χ1n) is 11.6. The van der Waals surface area contributed by atoms with E-state index in [1.54, 1.807) is 0 Å². The molecular formula is C26H30N2O5. The molecule has 0 aromatic heterocycles. The number of hydrogen-bond acceptors (Lipinski definition) is 4. The Morgan fingerprint density at radius 2 is 1.64 bits per heavy atom. The number of benzene rings is 2. The van der Waals surface area contributed by atoms with Crippen molar-refractivity contribution in [2.45, 2.75) is 50.5 Å². The maximum atomic E-state index is 12.6. The fraction of sp³-hybridized carbons (Fsp3) is 0.423. The molecule has 1 saturated carbocycles. The quantitative estimate of drug-likeness (QED) is 0.526. The van der Waals surface area contributed by atoms with Crippen LogP contribution in [-0.4, -0.2) is 42.3 Å². The zero-order valence-electron chi connectivity index (χ0n) is 18.6. The summed E-state index contributed by atoms with van der Waals surface area (Å²) < 4.78 is 5.63. The summed E-state index contributed by atoms with van der Waals surface area (Å²) in [5.41, 5.74) is 4.71. The van der Waals surface area contributed by atoms with Gasteiger partial charge in [0.25, 0.3) is 0 Å². The van der Waals surface area contributed by atoms with E-state index in [-0.39, 0.29) is 36.8 Å². The summed E-state index contributed by atoms with van der Waals surface area (Å²) >= 11 is 0. The predicted octanol–water partition coefficient (Wildman–Crippen LogP) is 4.06. The Hall–Kier alpha value is -3.35.